The fraction of sp³-hybridized carbons (Fsp3) is 0. The SMILES string of the molecule is O=C(O)O.[Ca+2].[Ce].[H-].[H-].[La]. The van der Waals surface area contributed by atoms with Gasteiger partial charge < -0.3 is 13.1 Å². The quantitative estimate of drug-likeness (QED) is 0.583. The summed E-state index contributed by atoms with van der Waals surface area (Å²) < 4.78 is 0. The Labute approximate surface area is 136 Å². The van der Waals surface area contributed by atoms with Crippen molar-refractivity contribution in [3.05, 3.63) is 0 Å². The molecule has 2 N–H and O–H groups in total. The molecular weight excluding hydrogens is 379 g/mol. The Bertz CT molecular complexity index is 44.8. The molecule has 6 heteroatoms. The molecule has 35 valence electrons. The van der Waals surface area contributed by atoms with Crippen LogP contribution in [0.25, 0.3) is 0 Å². The molecule has 0 aromatic heterocycles. The van der Waals surface area contributed by atoms with Crippen LogP contribution in [-0.4, -0.2) is 54.1 Å². The van der Waals surface area contributed by atoms with E-state index in [-0.39, 0.29) is 118 Å². The molecule has 0 aliphatic carbocycles. The van der Waals surface area contributed by atoms with E-state index in [0.29, 0.717) is 0 Å². The molecule has 7 heavy (non-hydrogen) atoms. The zero-order valence-corrected chi connectivity index (χ0v) is 12.6. The van der Waals surface area contributed by atoms with E-state index in [4.69, 9.17) is 15.0 Å². The zero-order chi connectivity index (χ0) is 3.58. The van der Waals surface area contributed by atoms with Crippen LogP contribution >= 0.6 is 0 Å². The molecule has 0 aromatic rings. The topological polar surface area (TPSA) is 57.5 Å². The number of hydrogen-bond donors (Lipinski definition) is 2. The van der Waals surface area contributed by atoms with Gasteiger partial charge in [-0.05, 0) is 0 Å². The molecule has 0 rings (SSSR count). The summed E-state index contributed by atoms with van der Waals surface area (Å²) in [6.07, 6.45) is -1.83. The minimum Gasteiger partial charge on any atom is -1.00 e. The van der Waals surface area contributed by atoms with Crippen molar-refractivity contribution in [2.24, 2.45) is 0 Å². The van der Waals surface area contributed by atoms with Gasteiger partial charge in [0.1, 0.15) is 0 Å². The average molecular weight is 383 g/mol. The maximum Gasteiger partial charge on any atom is 2.00 e. The van der Waals surface area contributed by atoms with E-state index in [1.165, 1.54) is 0 Å². The molecule has 0 heterocycles. The first-order chi connectivity index (χ1) is 1.73. The summed E-state index contributed by atoms with van der Waals surface area (Å²) in [7, 11) is 0. The molecule has 1 radical (unpaired) electrons. The first kappa shape index (κ1) is 22.5. The second-order valence-electron chi connectivity index (χ2n) is 0.283. The van der Waals surface area contributed by atoms with E-state index >= 15 is 0 Å². The van der Waals surface area contributed by atoms with Crippen LogP contribution in [0, 0.1) is 77.3 Å². The van der Waals surface area contributed by atoms with E-state index < -0.39 is 6.16 Å². The Morgan fingerprint density at radius 3 is 1.43 bits per heavy atom. The third-order valence-corrected chi connectivity index (χ3v) is 0. The van der Waals surface area contributed by atoms with Crippen LogP contribution < -0.4 is 0 Å². The molecule has 0 fully saturated rings. The van der Waals surface area contributed by atoms with Crippen molar-refractivity contribution in [2.45, 2.75) is 0 Å². The van der Waals surface area contributed by atoms with Crippen LogP contribution in [0.3, 0.4) is 0 Å². The second-order valence-corrected chi connectivity index (χ2v) is 0.283. The van der Waals surface area contributed by atoms with Crippen LogP contribution in [0.15, 0.2) is 0 Å². The number of hydrogen-bond acceptors (Lipinski definition) is 1. The van der Waals surface area contributed by atoms with Crippen molar-refractivity contribution in [3.8, 4) is 0 Å². The van der Waals surface area contributed by atoms with Gasteiger partial charge in [-0.25, -0.2) is 4.79 Å². The smallest absolute Gasteiger partial charge is 1.00 e. The van der Waals surface area contributed by atoms with Gasteiger partial charge in [-0.2, -0.15) is 0 Å². The van der Waals surface area contributed by atoms with Crippen molar-refractivity contribution in [1.82, 2.24) is 0 Å². The molecule has 0 amide bonds. The Balaban J connectivity index is -0.00000000450. The summed E-state index contributed by atoms with van der Waals surface area (Å²) in [5.41, 5.74) is 0. The molecule has 0 saturated carbocycles. The summed E-state index contributed by atoms with van der Waals surface area (Å²) in [4.78, 5) is 8.56. The van der Waals surface area contributed by atoms with Gasteiger partial charge in [0.15, 0.2) is 0 Å². The summed E-state index contributed by atoms with van der Waals surface area (Å²) in [5, 5.41) is 13.9. The normalized spacial score (nSPS) is 3.43. The van der Waals surface area contributed by atoms with E-state index in [1.807, 2.05) is 0 Å². The molecule has 3 nitrogen and oxygen atoms in total. The molecular formula is CH4CaCeLaO3. The fourth-order valence-electron chi connectivity index (χ4n) is 0. The van der Waals surface area contributed by atoms with E-state index in [1.54, 1.807) is 0 Å². The largest absolute Gasteiger partial charge is 2.00 e. The average Bonchev–Trinajstić information content (AvgIpc) is 0.811. The molecule has 0 aromatic carbocycles. The fourth-order valence-corrected chi connectivity index (χ4v) is 0. The van der Waals surface area contributed by atoms with Gasteiger partial charge in [0.25, 0.3) is 0 Å². The van der Waals surface area contributed by atoms with Crippen LogP contribution in [0.5, 0.6) is 0 Å². The van der Waals surface area contributed by atoms with Crippen molar-refractivity contribution in [3.63, 3.8) is 0 Å². The predicted molar refractivity (Wildman–Crippen MR) is 18.6 cm³/mol. The Kier molecular flexibility index (Phi) is 51.5. The molecule has 0 bridgehead atoms. The summed E-state index contributed by atoms with van der Waals surface area (Å²) in [6.45, 7) is 0. The van der Waals surface area contributed by atoms with Crippen LogP contribution in [0.2, 0.25) is 0 Å². The molecule has 0 aliphatic rings. The van der Waals surface area contributed by atoms with Gasteiger partial charge in [0, 0.05) is 77.3 Å². The number of carbonyl (C=O) groups is 1. The zero-order valence-electron chi connectivity index (χ0n) is 5.59. The van der Waals surface area contributed by atoms with Crippen molar-refractivity contribution >= 4 is 43.9 Å². The predicted octanol–water partition coefficient (Wildman–Crippen LogP) is 0.0666. The molecule has 0 aliphatic heterocycles. The summed E-state index contributed by atoms with van der Waals surface area (Å²) >= 11 is 0. The number of carboxylic acid groups (broad SMARTS) is 2. The van der Waals surface area contributed by atoms with Crippen LogP contribution in [0.4, 0.5) is 4.79 Å². The number of rotatable bonds is 0. The first-order valence-electron chi connectivity index (χ1n) is 0.651. The van der Waals surface area contributed by atoms with Gasteiger partial charge in [-0.1, -0.05) is 0 Å². The van der Waals surface area contributed by atoms with E-state index in [2.05, 4.69) is 0 Å². The minimum atomic E-state index is -1.83. The summed E-state index contributed by atoms with van der Waals surface area (Å²) in [5.74, 6) is 0. The third kappa shape index (κ3) is 47.7. The van der Waals surface area contributed by atoms with Crippen LogP contribution in [-0.2, 0) is 0 Å². The first-order valence-corrected chi connectivity index (χ1v) is 0.651. The molecule has 0 saturated heterocycles. The molecule has 0 unspecified atom stereocenters. The van der Waals surface area contributed by atoms with Gasteiger partial charge in [-0.15, -0.1) is 0 Å². The van der Waals surface area contributed by atoms with Gasteiger partial charge in [0.2, 0.25) is 0 Å². The third-order valence-electron chi connectivity index (χ3n) is 0. The molecule has 0 spiro atoms. The Morgan fingerprint density at radius 1 is 1.43 bits per heavy atom. The van der Waals surface area contributed by atoms with Crippen molar-refractivity contribution < 1.29 is 95.2 Å². The monoisotopic (exact) mass is 383 g/mol. The Hall–Kier alpha value is 3.10. The second kappa shape index (κ2) is 16.0. The van der Waals surface area contributed by atoms with Crippen molar-refractivity contribution in [2.75, 3.05) is 0 Å². The molecule has 0 atom stereocenters. The van der Waals surface area contributed by atoms with Crippen LogP contribution in [0.1, 0.15) is 2.85 Å². The van der Waals surface area contributed by atoms with Crippen molar-refractivity contribution in [1.29, 1.82) is 0 Å². The standard InChI is InChI=1S/CH2O3.Ca.Ce.La.2H/c2-1(3)4;;;;;/h(H2,2,3,4);;;;;/q;+2;;;2*-1. The maximum atomic E-state index is 8.56. The van der Waals surface area contributed by atoms with Gasteiger partial charge in [-0.3, -0.25) is 0 Å². The van der Waals surface area contributed by atoms with E-state index in [0.717, 1.165) is 0 Å². The maximum absolute atomic E-state index is 8.56. The summed E-state index contributed by atoms with van der Waals surface area (Å²) in [6, 6.07) is 0. The minimum absolute atomic E-state index is 0. The van der Waals surface area contributed by atoms with Gasteiger partial charge >= 0.3 is 43.9 Å². The Morgan fingerprint density at radius 2 is 1.43 bits per heavy atom. The van der Waals surface area contributed by atoms with Gasteiger partial charge in [0.05, 0.1) is 0 Å². The van der Waals surface area contributed by atoms with E-state index in [9.17, 15) is 0 Å².